The van der Waals surface area contributed by atoms with Crippen LogP contribution in [0.3, 0.4) is 0 Å². The fourth-order valence-electron chi connectivity index (χ4n) is 7.77. The van der Waals surface area contributed by atoms with Crippen LogP contribution >= 0.6 is 0 Å². The standard InChI is InChI=1S/C60H104O6/c1-4-7-10-13-16-19-22-25-27-29-31-32-35-38-41-44-47-50-53-59(62)65-56-57(55-64-58(61)52-49-46-43-40-37-34-24-21-18-15-12-9-6-3)66-60(63)54-51-48-45-42-39-36-33-30-28-26-23-20-17-14-11-8-5-2/h8,11,17,20,26,28,31-33,36,42,45,57H,4-7,9-10,12-16,18-19,21-25,27,29-30,34-35,37-41,43-44,46-56H2,1-3H3/b11-8-,20-17-,28-26-,32-31-,36-33-,45-42-. The van der Waals surface area contributed by atoms with E-state index in [0.29, 0.717) is 19.3 Å². The topological polar surface area (TPSA) is 78.9 Å². The monoisotopic (exact) mass is 921 g/mol. The molecule has 0 aromatic carbocycles. The van der Waals surface area contributed by atoms with Gasteiger partial charge in [-0.1, -0.05) is 241 Å². The Morgan fingerprint density at radius 3 is 0.985 bits per heavy atom. The molecule has 0 rings (SSSR count). The van der Waals surface area contributed by atoms with Gasteiger partial charge in [-0.05, 0) is 83.5 Å². The minimum atomic E-state index is -0.806. The van der Waals surface area contributed by atoms with Gasteiger partial charge in [-0.25, -0.2) is 0 Å². The molecule has 0 aromatic rings. The lowest BCUT2D eigenvalue weighted by Gasteiger charge is -2.18. The Kier molecular flexibility index (Phi) is 51.9. The Labute approximate surface area is 408 Å². The molecule has 0 aliphatic rings. The Balaban J connectivity index is 4.46. The molecule has 0 aliphatic carbocycles. The Bertz CT molecular complexity index is 1240. The van der Waals surface area contributed by atoms with E-state index in [1.54, 1.807) is 0 Å². The number of hydrogen-bond donors (Lipinski definition) is 0. The third-order valence-electron chi connectivity index (χ3n) is 11.9. The number of allylic oxidation sites excluding steroid dienone is 12. The maximum Gasteiger partial charge on any atom is 0.306 e. The molecule has 0 spiro atoms. The van der Waals surface area contributed by atoms with Gasteiger partial charge >= 0.3 is 17.9 Å². The van der Waals surface area contributed by atoms with Crippen molar-refractivity contribution in [1.82, 2.24) is 0 Å². The summed E-state index contributed by atoms with van der Waals surface area (Å²) in [5.41, 5.74) is 0. The van der Waals surface area contributed by atoms with Crippen molar-refractivity contribution in [2.75, 3.05) is 13.2 Å². The van der Waals surface area contributed by atoms with Gasteiger partial charge in [0.2, 0.25) is 0 Å². The lowest BCUT2D eigenvalue weighted by molar-refractivity contribution is -0.167. The second-order valence-electron chi connectivity index (χ2n) is 18.5. The summed E-state index contributed by atoms with van der Waals surface area (Å²) in [7, 11) is 0. The summed E-state index contributed by atoms with van der Waals surface area (Å²) in [6.07, 6.45) is 69.0. The zero-order valence-corrected chi connectivity index (χ0v) is 43.4. The van der Waals surface area contributed by atoms with E-state index in [4.69, 9.17) is 14.2 Å². The first-order chi connectivity index (χ1) is 32.5. The highest BCUT2D eigenvalue weighted by Crippen LogP contribution is 2.15. The van der Waals surface area contributed by atoms with E-state index in [-0.39, 0.29) is 37.5 Å². The first kappa shape index (κ1) is 62.8. The number of hydrogen-bond acceptors (Lipinski definition) is 6. The number of rotatable bonds is 50. The van der Waals surface area contributed by atoms with E-state index < -0.39 is 6.10 Å². The normalized spacial score (nSPS) is 12.6. The van der Waals surface area contributed by atoms with Crippen LogP contribution in [0.25, 0.3) is 0 Å². The van der Waals surface area contributed by atoms with Gasteiger partial charge in [0.25, 0.3) is 0 Å². The molecule has 380 valence electrons. The van der Waals surface area contributed by atoms with Gasteiger partial charge in [0.05, 0.1) is 0 Å². The van der Waals surface area contributed by atoms with Gasteiger partial charge < -0.3 is 14.2 Å². The molecular weight excluding hydrogens is 817 g/mol. The number of esters is 3. The molecule has 0 bridgehead atoms. The zero-order chi connectivity index (χ0) is 47.9. The number of carbonyl (C=O) groups excluding carboxylic acids is 3. The molecule has 0 aliphatic heterocycles. The lowest BCUT2D eigenvalue weighted by Crippen LogP contribution is -2.30. The maximum absolute atomic E-state index is 12.8. The van der Waals surface area contributed by atoms with Crippen molar-refractivity contribution in [3.63, 3.8) is 0 Å². The summed E-state index contributed by atoms with van der Waals surface area (Å²) in [6, 6.07) is 0. The van der Waals surface area contributed by atoms with Crippen molar-refractivity contribution in [1.29, 1.82) is 0 Å². The molecule has 6 heteroatoms. The predicted octanol–water partition coefficient (Wildman–Crippen LogP) is 18.6. The van der Waals surface area contributed by atoms with Crippen molar-refractivity contribution in [3.8, 4) is 0 Å². The third kappa shape index (κ3) is 51.8. The van der Waals surface area contributed by atoms with Crippen LogP contribution in [0.4, 0.5) is 0 Å². The van der Waals surface area contributed by atoms with Gasteiger partial charge in [-0.2, -0.15) is 0 Å². The van der Waals surface area contributed by atoms with Crippen LogP contribution in [0.2, 0.25) is 0 Å². The van der Waals surface area contributed by atoms with E-state index in [1.807, 2.05) is 0 Å². The van der Waals surface area contributed by atoms with E-state index in [1.165, 1.54) is 141 Å². The quantitative estimate of drug-likeness (QED) is 0.0262. The second-order valence-corrected chi connectivity index (χ2v) is 18.5. The van der Waals surface area contributed by atoms with Gasteiger partial charge in [0, 0.05) is 19.3 Å². The molecule has 1 unspecified atom stereocenters. The Morgan fingerprint density at radius 2 is 0.606 bits per heavy atom. The van der Waals surface area contributed by atoms with Gasteiger partial charge in [0.15, 0.2) is 6.10 Å². The van der Waals surface area contributed by atoms with E-state index >= 15 is 0 Å². The average Bonchev–Trinajstić information content (AvgIpc) is 3.31. The molecule has 0 amide bonds. The molecule has 0 saturated carbocycles. The van der Waals surface area contributed by atoms with Crippen LogP contribution in [0.15, 0.2) is 72.9 Å². The van der Waals surface area contributed by atoms with Crippen LogP contribution < -0.4 is 0 Å². The minimum Gasteiger partial charge on any atom is -0.462 e. The highest BCUT2D eigenvalue weighted by molar-refractivity contribution is 5.71. The fraction of sp³-hybridized carbons (Fsp3) is 0.750. The number of ether oxygens (including phenoxy) is 3. The average molecular weight is 921 g/mol. The first-order valence-electron chi connectivity index (χ1n) is 27.9. The van der Waals surface area contributed by atoms with Crippen LogP contribution in [0.5, 0.6) is 0 Å². The van der Waals surface area contributed by atoms with Gasteiger partial charge in [-0.15, -0.1) is 0 Å². The summed E-state index contributed by atoms with van der Waals surface area (Å²) in [6.45, 7) is 6.49. The minimum absolute atomic E-state index is 0.0985. The molecule has 0 heterocycles. The van der Waals surface area contributed by atoms with Crippen LogP contribution in [0, 0.1) is 0 Å². The molecular formula is C60H104O6. The second kappa shape index (κ2) is 54.5. The predicted molar refractivity (Wildman–Crippen MR) is 284 cm³/mol. The fourth-order valence-corrected chi connectivity index (χ4v) is 7.77. The number of unbranched alkanes of at least 4 members (excludes halogenated alkanes) is 27. The SMILES string of the molecule is CC/C=C\C/C=C\C/C=C\C/C=C\C/C=C\CCCC(=O)OC(COC(=O)CCCCCCC/C=C\CCCCCCCCCCC)COC(=O)CCCCCCCCCCCCCCC. The maximum atomic E-state index is 12.8. The van der Waals surface area contributed by atoms with Gasteiger partial charge in [0.1, 0.15) is 13.2 Å². The summed E-state index contributed by atoms with van der Waals surface area (Å²) >= 11 is 0. The zero-order valence-electron chi connectivity index (χ0n) is 43.4. The van der Waals surface area contributed by atoms with E-state index in [9.17, 15) is 14.4 Å². The molecule has 6 nitrogen and oxygen atoms in total. The molecule has 66 heavy (non-hydrogen) atoms. The van der Waals surface area contributed by atoms with Crippen LogP contribution in [-0.2, 0) is 28.6 Å². The molecule has 0 fully saturated rings. The summed E-state index contributed by atoms with van der Waals surface area (Å²) < 4.78 is 16.8. The lowest BCUT2D eigenvalue weighted by atomic mass is 10.0. The Morgan fingerprint density at radius 1 is 0.318 bits per heavy atom. The summed E-state index contributed by atoms with van der Waals surface area (Å²) in [5.74, 6) is -0.959. The van der Waals surface area contributed by atoms with Crippen LogP contribution in [-0.4, -0.2) is 37.2 Å². The van der Waals surface area contributed by atoms with E-state index in [2.05, 4.69) is 93.7 Å². The molecule has 0 aromatic heterocycles. The van der Waals surface area contributed by atoms with E-state index in [0.717, 1.165) is 83.5 Å². The summed E-state index contributed by atoms with van der Waals surface area (Å²) in [4.78, 5) is 38.1. The molecule has 0 radical (unpaired) electrons. The largest absolute Gasteiger partial charge is 0.462 e. The van der Waals surface area contributed by atoms with Crippen molar-refractivity contribution in [2.45, 2.75) is 277 Å². The highest BCUT2D eigenvalue weighted by Gasteiger charge is 2.19. The summed E-state index contributed by atoms with van der Waals surface area (Å²) in [5, 5.41) is 0. The highest BCUT2D eigenvalue weighted by atomic mass is 16.6. The van der Waals surface area contributed by atoms with Crippen molar-refractivity contribution < 1.29 is 28.6 Å². The first-order valence-corrected chi connectivity index (χ1v) is 27.9. The Hall–Kier alpha value is -3.15. The van der Waals surface area contributed by atoms with Crippen molar-refractivity contribution in [2.24, 2.45) is 0 Å². The van der Waals surface area contributed by atoms with Crippen molar-refractivity contribution in [3.05, 3.63) is 72.9 Å². The third-order valence-corrected chi connectivity index (χ3v) is 11.9. The molecule has 0 saturated heterocycles. The smallest absolute Gasteiger partial charge is 0.306 e. The number of carbonyl (C=O) groups is 3. The molecule has 0 N–H and O–H groups in total. The molecule has 1 atom stereocenters. The van der Waals surface area contributed by atoms with Crippen molar-refractivity contribution >= 4 is 17.9 Å². The van der Waals surface area contributed by atoms with Gasteiger partial charge in [-0.3, -0.25) is 14.4 Å². The van der Waals surface area contributed by atoms with Crippen LogP contribution in [0.1, 0.15) is 271 Å².